The molecule has 0 radical (unpaired) electrons. The quantitative estimate of drug-likeness (QED) is 0.871. The van der Waals surface area contributed by atoms with Crippen LogP contribution in [-0.4, -0.2) is 37.9 Å². The average Bonchev–Trinajstić information content (AvgIpc) is 2.54. The first kappa shape index (κ1) is 15.6. The topological polar surface area (TPSA) is 67.8 Å². The minimum Gasteiger partial charge on any atom is -0.497 e. The zero-order chi connectivity index (χ0) is 15.2. The first-order valence-corrected chi connectivity index (χ1v) is 7.32. The van der Waals surface area contributed by atoms with Crippen LogP contribution in [0.4, 0.5) is 0 Å². The first-order chi connectivity index (χ1) is 10.2. The summed E-state index contributed by atoms with van der Waals surface area (Å²) in [4.78, 5) is 12.4. The summed E-state index contributed by atoms with van der Waals surface area (Å²) in [5, 5.41) is 12.4. The van der Waals surface area contributed by atoms with Gasteiger partial charge in [0, 0.05) is 30.2 Å². The fourth-order valence-corrected chi connectivity index (χ4v) is 2.81. The molecule has 2 unspecified atom stereocenters. The molecule has 1 saturated carbocycles. The Hall–Kier alpha value is -1.75. The van der Waals surface area contributed by atoms with Crippen LogP contribution >= 0.6 is 0 Å². The van der Waals surface area contributed by atoms with Crippen molar-refractivity contribution in [1.29, 1.82) is 0 Å². The summed E-state index contributed by atoms with van der Waals surface area (Å²) in [5.41, 5.74) is 0.508. The highest BCUT2D eigenvalue weighted by atomic mass is 16.5. The molecule has 0 aromatic heterocycles. The fourth-order valence-electron chi connectivity index (χ4n) is 2.81. The Kier molecular flexibility index (Phi) is 5.44. The van der Waals surface area contributed by atoms with E-state index < -0.39 is 0 Å². The Balaban J connectivity index is 2.12. The molecule has 0 bridgehead atoms. The molecule has 2 N–H and O–H groups in total. The van der Waals surface area contributed by atoms with E-state index in [1.54, 1.807) is 32.4 Å². The van der Waals surface area contributed by atoms with Gasteiger partial charge >= 0.3 is 0 Å². The molecular formula is C16H23NO4. The van der Waals surface area contributed by atoms with Crippen molar-refractivity contribution in [2.75, 3.05) is 20.8 Å². The summed E-state index contributed by atoms with van der Waals surface area (Å²) in [6.45, 7) is 0.117. The molecule has 5 nitrogen and oxygen atoms in total. The summed E-state index contributed by atoms with van der Waals surface area (Å²) < 4.78 is 10.4. The average molecular weight is 293 g/mol. The van der Waals surface area contributed by atoms with Crippen LogP contribution in [0.15, 0.2) is 18.2 Å². The number of rotatable bonds is 5. The Bertz CT molecular complexity index is 467. The number of benzene rings is 1. The summed E-state index contributed by atoms with van der Waals surface area (Å²) in [6.07, 6.45) is 4.08. The Labute approximate surface area is 125 Å². The lowest BCUT2D eigenvalue weighted by Gasteiger charge is -2.30. The molecule has 1 amide bonds. The molecular weight excluding hydrogens is 270 g/mol. The Morgan fingerprint density at radius 3 is 2.38 bits per heavy atom. The zero-order valence-electron chi connectivity index (χ0n) is 12.6. The number of nitrogens with one attached hydrogen (secondary N) is 1. The normalized spacial score (nSPS) is 21.7. The van der Waals surface area contributed by atoms with Crippen molar-refractivity contribution >= 4 is 5.91 Å². The highest BCUT2D eigenvalue weighted by Gasteiger charge is 2.26. The van der Waals surface area contributed by atoms with Crippen LogP contribution < -0.4 is 14.8 Å². The SMILES string of the molecule is COc1cc(OC)cc(C(=O)NC2CCCCC2CO)c1. The molecule has 0 spiro atoms. The zero-order valence-corrected chi connectivity index (χ0v) is 12.6. The summed E-state index contributed by atoms with van der Waals surface area (Å²) in [6, 6.07) is 5.14. The van der Waals surface area contributed by atoms with E-state index in [2.05, 4.69) is 5.32 Å². The number of hydrogen-bond acceptors (Lipinski definition) is 4. The molecule has 0 saturated heterocycles. The standard InChI is InChI=1S/C16H23NO4/c1-20-13-7-12(8-14(9-13)21-2)16(19)17-15-6-4-3-5-11(15)10-18/h7-9,11,15,18H,3-6,10H2,1-2H3,(H,17,19). The maximum atomic E-state index is 12.4. The third-order valence-electron chi connectivity index (χ3n) is 4.07. The van der Waals surface area contributed by atoms with Gasteiger partial charge in [0.2, 0.25) is 0 Å². The van der Waals surface area contributed by atoms with Gasteiger partial charge in [-0.05, 0) is 25.0 Å². The van der Waals surface area contributed by atoms with Gasteiger partial charge in [0.1, 0.15) is 11.5 Å². The lowest BCUT2D eigenvalue weighted by atomic mass is 9.85. The molecule has 5 heteroatoms. The van der Waals surface area contributed by atoms with Crippen molar-refractivity contribution in [2.45, 2.75) is 31.7 Å². The number of amides is 1. The summed E-state index contributed by atoms with van der Waals surface area (Å²) in [7, 11) is 3.11. The molecule has 1 aliphatic carbocycles. The number of aliphatic hydroxyl groups is 1. The van der Waals surface area contributed by atoms with Gasteiger partial charge in [-0.15, -0.1) is 0 Å². The van der Waals surface area contributed by atoms with Crippen LogP contribution in [0, 0.1) is 5.92 Å². The van der Waals surface area contributed by atoms with E-state index in [0.29, 0.717) is 17.1 Å². The largest absolute Gasteiger partial charge is 0.497 e. The van der Waals surface area contributed by atoms with E-state index in [0.717, 1.165) is 25.7 Å². The van der Waals surface area contributed by atoms with Crippen LogP contribution in [0.5, 0.6) is 11.5 Å². The van der Waals surface area contributed by atoms with Gasteiger partial charge in [-0.1, -0.05) is 12.8 Å². The van der Waals surface area contributed by atoms with Crippen molar-refractivity contribution in [1.82, 2.24) is 5.32 Å². The number of carbonyl (C=O) groups excluding carboxylic acids is 1. The molecule has 1 aliphatic rings. The molecule has 1 aromatic rings. The minimum atomic E-state index is -0.155. The van der Waals surface area contributed by atoms with Crippen molar-refractivity contribution in [2.24, 2.45) is 5.92 Å². The lowest BCUT2D eigenvalue weighted by Crippen LogP contribution is -2.43. The van der Waals surface area contributed by atoms with E-state index in [4.69, 9.17) is 9.47 Å². The van der Waals surface area contributed by atoms with Crippen molar-refractivity contribution in [3.63, 3.8) is 0 Å². The van der Waals surface area contributed by atoms with Gasteiger partial charge in [-0.25, -0.2) is 0 Å². The second-order valence-electron chi connectivity index (χ2n) is 5.41. The van der Waals surface area contributed by atoms with E-state index in [1.807, 2.05) is 0 Å². The summed E-state index contributed by atoms with van der Waals surface area (Å²) in [5.74, 6) is 1.16. The number of hydrogen-bond donors (Lipinski definition) is 2. The number of ether oxygens (including phenoxy) is 2. The van der Waals surface area contributed by atoms with Gasteiger partial charge in [0.15, 0.2) is 0 Å². The minimum absolute atomic E-state index is 0.0356. The van der Waals surface area contributed by atoms with Crippen LogP contribution in [0.1, 0.15) is 36.0 Å². The maximum Gasteiger partial charge on any atom is 0.251 e. The predicted molar refractivity (Wildman–Crippen MR) is 79.8 cm³/mol. The molecule has 116 valence electrons. The molecule has 2 atom stereocenters. The van der Waals surface area contributed by atoms with Gasteiger partial charge in [0.05, 0.1) is 14.2 Å². The third kappa shape index (κ3) is 3.88. The monoisotopic (exact) mass is 293 g/mol. The smallest absolute Gasteiger partial charge is 0.251 e. The molecule has 0 heterocycles. The Morgan fingerprint density at radius 1 is 1.19 bits per heavy atom. The molecule has 2 rings (SSSR count). The third-order valence-corrected chi connectivity index (χ3v) is 4.07. The number of aliphatic hydroxyl groups excluding tert-OH is 1. The van der Waals surface area contributed by atoms with Gasteiger partial charge < -0.3 is 19.9 Å². The Morgan fingerprint density at radius 2 is 1.81 bits per heavy atom. The van der Waals surface area contributed by atoms with E-state index >= 15 is 0 Å². The van der Waals surface area contributed by atoms with Crippen LogP contribution in [0.2, 0.25) is 0 Å². The molecule has 1 fully saturated rings. The fraction of sp³-hybridized carbons (Fsp3) is 0.562. The van der Waals surface area contributed by atoms with Gasteiger partial charge in [-0.3, -0.25) is 4.79 Å². The predicted octanol–water partition coefficient (Wildman–Crippen LogP) is 1.98. The van der Waals surface area contributed by atoms with E-state index in [-0.39, 0.29) is 24.5 Å². The second kappa shape index (κ2) is 7.31. The van der Waals surface area contributed by atoms with Crippen molar-refractivity contribution in [3.05, 3.63) is 23.8 Å². The molecule has 21 heavy (non-hydrogen) atoms. The van der Waals surface area contributed by atoms with Crippen LogP contribution in [0.25, 0.3) is 0 Å². The van der Waals surface area contributed by atoms with E-state index in [1.165, 1.54) is 0 Å². The van der Waals surface area contributed by atoms with Gasteiger partial charge in [-0.2, -0.15) is 0 Å². The molecule has 0 aliphatic heterocycles. The van der Waals surface area contributed by atoms with Crippen LogP contribution in [0.3, 0.4) is 0 Å². The number of carbonyl (C=O) groups is 1. The molecule has 1 aromatic carbocycles. The lowest BCUT2D eigenvalue weighted by molar-refractivity contribution is 0.0872. The second-order valence-corrected chi connectivity index (χ2v) is 5.41. The highest BCUT2D eigenvalue weighted by molar-refractivity contribution is 5.95. The van der Waals surface area contributed by atoms with Gasteiger partial charge in [0.25, 0.3) is 5.91 Å². The van der Waals surface area contributed by atoms with Crippen molar-refractivity contribution in [3.8, 4) is 11.5 Å². The maximum absolute atomic E-state index is 12.4. The van der Waals surface area contributed by atoms with E-state index in [9.17, 15) is 9.90 Å². The van der Waals surface area contributed by atoms with Crippen LogP contribution in [-0.2, 0) is 0 Å². The first-order valence-electron chi connectivity index (χ1n) is 7.32. The highest BCUT2D eigenvalue weighted by Crippen LogP contribution is 2.26. The number of methoxy groups -OCH3 is 2. The summed E-state index contributed by atoms with van der Waals surface area (Å²) >= 11 is 0. The van der Waals surface area contributed by atoms with Crippen molar-refractivity contribution < 1.29 is 19.4 Å².